The van der Waals surface area contributed by atoms with Gasteiger partial charge < -0.3 is 37.2 Å². The monoisotopic (exact) mass is 474 g/mol. The molecule has 0 aliphatic heterocycles. The zero-order chi connectivity index (χ0) is 17.8. The van der Waals surface area contributed by atoms with Crippen molar-refractivity contribution in [3.63, 3.8) is 0 Å². The van der Waals surface area contributed by atoms with Gasteiger partial charge in [-0.25, -0.2) is 0 Å². The molecule has 29 heavy (non-hydrogen) atoms. The Hall–Kier alpha value is -1.28. The first-order valence-corrected chi connectivity index (χ1v) is 9.83. The third kappa shape index (κ3) is 5.66. The normalized spacial score (nSPS) is 17.0. The van der Waals surface area contributed by atoms with E-state index in [-0.39, 0.29) is 40.9 Å². The third-order valence-corrected chi connectivity index (χ3v) is 6.36. The van der Waals surface area contributed by atoms with E-state index in [1.807, 2.05) is 0 Å². The summed E-state index contributed by atoms with van der Waals surface area (Å²) in [4.78, 5) is 0. The van der Waals surface area contributed by atoms with E-state index in [0.29, 0.717) is 5.92 Å². The number of allylic oxidation sites excluding steroid dienone is 4. The van der Waals surface area contributed by atoms with E-state index in [2.05, 4.69) is 130 Å². The van der Waals surface area contributed by atoms with E-state index < -0.39 is 0 Å². The van der Waals surface area contributed by atoms with Crippen molar-refractivity contribution in [2.45, 2.75) is 16.1 Å². The molecule has 4 rings (SSSR count). The van der Waals surface area contributed by atoms with Gasteiger partial charge in [-0.15, -0.1) is 0 Å². The molecule has 0 N–H and O–H groups in total. The number of benzene rings is 3. The van der Waals surface area contributed by atoms with E-state index >= 15 is 0 Å². The second-order valence-electron chi connectivity index (χ2n) is 6.84. The predicted octanol–water partition coefficient (Wildman–Crippen LogP) is -2.73. The molecule has 1 atom stereocenters. The summed E-state index contributed by atoms with van der Waals surface area (Å²) in [6.07, 6.45) is 7.92. The molecule has 1 unspecified atom stereocenters. The molecule has 0 amide bonds. The average Bonchev–Trinajstić information content (AvgIpc) is 3.05. The average molecular weight is 476 g/mol. The molecule has 0 saturated carbocycles. The molecule has 146 valence electrons. The first-order chi connectivity index (χ1) is 12.8. The van der Waals surface area contributed by atoms with Crippen molar-refractivity contribution in [1.29, 1.82) is 0 Å². The Morgan fingerprint density at radius 3 is 1.59 bits per heavy atom. The van der Waals surface area contributed by atoms with Crippen LogP contribution in [0.3, 0.4) is 0 Å². The van der Waals surface area contributed by atoms with Gasteiger partial charge in [0, 0.05) is 0 Å². The fourth-order valence-electron chi connectivity index (χ4n) is 3.87. The molecular formula is C25H21Cl3Ti. The molecule has 0 saturated heterocycles. The van der Waals surface area contributed by atoms with Gasteiger partial charge in [-0.1, -0.05) is 0 Å². The Morgan fingerprint density at radius 2 is 1.10 bits per heavy atom. The van der Waals surface area contributed by atoms with Crippen molar-refractivity contribution < 1.29 is 57.7 Å². The summed E-state index contributed by atoms with van der Waals surface area (Å²) in [7, 11) is 0. The van der Waals surface area contributed by atoms with Crippen molar-refractivity contribution in [3.05, 3.63) is 131 Å². The maximum atomic E-state index is 2.38. The molecule has 0 radical (unpaired) electrons. The van der Waals surface area contributed by atoms with Crippen LogP contribution in [-0.4, -0.2) is 0 Å². The van der Waals surface area contributed by atoms with Crippen LogP contribution >= 0.6 is 0 Å². The molecular weight excluding hydrogens is 455 g/mol. The fraction of sp³-hybridized carbons (Fsp3) is 0.120. The molecule has 0 spiro atoms. The van der Waals surface area contributed by atoms with Gasteiger partial charge in [-0.2, -0.15) is 0 Å². The fourth-order valence-corrected chi connectivity index (χ4v) is 4.81. The Morgan fingerprint density at radius 1 is 0.655 bits per heavy atom. The second kappa shape index (κ2) is 11.8. The van der Waals surface area contributed by atoms with E-state index in [9.17, 15) is 0 Å². The predicted molar refractivity (Wildman–Crippen MR) is 105 cm³/mol. The van der Waals surface area contributed by atoms with Crippen LogP contribution in [0.15, 0.2) is 115 Å². The molecule has 0 bridgehead atoms. The Balaban J connectivity index is 0.00000140. The molecule has 0 heterocycles. The van der Waals surface area contributed by atoms with Crippen LogP contribution in [0.4, 0.5) is 0 Å². The molecule has 0 aromatic heterocycles. The topological polar surface area (TPSA) is 0 Å². The minimum absolute atomic E-state index is 0. The van der Waals surface area contributed by atoms with E-state index in [1.165, 1.54) is 22.3 Å². The van der Waals surface area contributed by atoms with Crippen LogP contribution in [0.25, 0.3) is 0 Å². The van der Waals surface area contributed by atoms with E-state index in [1.54, 1.807) is 0 Å². The number of hydrogen-bond donors (Lipinski definition) is 0. The van der Waals surface area contributed by atoms with E-state index in [4.69, 9.17) is 0 Å². The molecule has 1 aliphatic carbocycles. The molecule has 1 aliphatic rings. The summed E-state index contributed by atoms with van der Waals surface area (Å²) in [5.74, 6) is 0.304. The van der Waals surface area contributed by atoms with Crippen LogP contribution < -0.4 is 37.2 Å². The van der Waals surface area contributed by atoms with Gasteiger partial charge in [0.1, 0.15) is 0 Å². The van der Waals surface area contributed by atoms with Crippen molar-refractivity contribution in [2.75, 3.05) is 0 Å². The number of halogens is 3. The number of hydrogen-bond acceptors (Lipinski definition) is 0. The van der Waals surface area contributed by atoms with Crippen LogP contribution in [0, 0.1) is 0 Å². The number of rotatable bonds is 5. The van der Waals surface area contributed by atoms with Crippen molar-refractivity contribution >= 4 is 0 Å². The Bertz CT molecular complexity index is 885. The van der Waals surface area contributed by atoms with Gasteiger partial charge in [-0.3, -0.25) is 0 Å². The summed E-state index contributed by atoms with van der Waals surface area (Å²) in [5.41, 5.74) is 5.58. The maximum absolute atomic E-state index is 2.38. The first-order valence-electron chi connectivity index (χ1n) is 9.05. The quantitative estimate of drug-likeness (QED) is 0.352. The van der Waals surface area contributed by atoms with Crippen LogP contribution in [0.1, 0.15) is 22.6 Å². The molecule has 4 heteroatoms. The zero-order valence-corrected chi connectivity index (χ0v) is 19.6. The molecule has 0 fully saturated rings. The van der Waals surface area contributed by atoms with Gasteiger partial charge in [0.05, 0.1) is 0 Å². The third-order valence-electron chi connectivity index (χ3n) is 5.15. The van der Waals surface area contributed by atoms with Gasteiger partial charge in [0.25, 0.3) is 0 Å². The van der Waals surface area contributed by atoms with Crippen molar-refractivity contribution in [2.24, 2.45) is 0 Å². The van der Waals surface area contributed by atoms with Gasteiger partial charge in [0.2, 0.25) is 0 Å². The van der Waals surface area contributed by atoms with Gasteiger partial charge in [0.15, 0.2) is 0 Å². The summed E-state index contributed by atoms with van der Waals surface area (Å²) in [6.45, 7) is 0. The van der Waals surface area contributed by atoms with Crippen LogP contribution in [0.2, 0.25) is 3.72 Å². The molecule has 0 nitrogen and oxygen atoms in total. The zero-order valence-electron chi connectivity index (χ0n) is 15.8. The van der Waals surface area contributed by atoms with E-state index in [0.717, 1.165) is 6.42 Å². The molecule has 3 aromatic rings. The van der Waals surface area contributed by atoms with Crippen molar-refractivity contribution in [3.8, 4) is 0 Å². The summed E-state index contributed by atoms with van der Waals surface area (Å²) >= 11 is 2.38. The second-order valence-corrected chi connectivity index (χ2v) is 8.13. The van der Waals surface area contributed by atoms with Crippen molar-refractivity contribution in [1.82, 2.24) is 0 Å². The summed E-state index contributed by atoms with van der Waals surface area (Å²) in [6, 6.07) is 32.6. The molecule has 3 aromatic carbocycles. The van der Waals surface area contributed by atoms with Crippen LogP contribution in [0.5, 0.6) is 0 Å². The first kappa shape index (κ1) is 25.8. The summed E-state index contributed by atoms with van der Waals surface area (Å²) in [5, 5.41) is 0. The van der Waals surface area contributed by atoms with Gasteiger partial charge >= 0.3 is 168 Å². The standard InChI is InChI=1S/C25H21.3ClH.Ti/c1-4-11-20(12-5-1)19-23-17-10-18-24(23)25(21-13-6-2-7-14-21)22-15-8-3-9-16-22;;;;/h1-18,25H,19H2;3*1H;/q;;;;+3/p-3. The van der Waals surface area contributed by atoms with Crippen LogP contribution in [-0.2, 0) is 26.9 Å². The Labute approximate surface area is 204 Å². The Kier molecular flexibility index (Phi) is 10.5. The minimum atomic E-state index is -0.0292. The summed E-state index contributed by atoms with van der Waals surface area (Å²) < 4.78 is -0.0292. The van der Waals surface area contributed by atoms with Gasteiger partial charge in [-0.05, 0) is 0 Å². The SMILES string of the molecule is [Cl-].[Cl-].[Cl-].[Ti+3][C]1(C(c2ccccc2)c2ccccc2)C=CC=C1Cc1ccccc1.